The zero-order valence-corrected chi connectivity index (χ0v) is 16.0. The van der Waals surface area contributed by atoms with E-state index in [-0.39, 0.29) is 0 Å². The molecule has 0 spiro atoms. The summed E-state index contributed by atoms with van der Waals surface area (Å²) in [6, 6.07) is 8.34. The van der Waals surface area contributed by atoms with Crippen LogP contribution >= 0.6 is 11.3 Å². The topological polar surface area (TPSA) is 49.8 Å². The average molecular weight is 361 g/mol. The van der Waals surface area contributed by atoms with Crippen LogP contribution in [0.25, 0.3) is 10.2 Å². The second kappa shape index (κ2) is 9.15. The van der Waals surface area contributed by atoms with E-state index < -0.39 is 0 Å². The molecular formula is C19H28N4OS. The SMILES string of the molecule is CCNC(=NCCCc1nc2ccccc2s1)N(C)CC1CCOC1. The van der Waals surface area contributed by atoms with Crippen LogP contribution in [-0.2, 0) is 11.2 Å². The lowest BCUT2D eigenvalue weighted by molar-refractivity contribution is 0.181. The van der Waals surface area contributed by atoms with Crippen LogP contribution in [0, 0.1) is 5.92 Å². The quantitative estimate of drug-likeness (QED) is 0.468. The molecule has 6 heteroatoms. The molecule has 1 N–H and O–H groups in total. The summed E-state index contributed by atoms with van der Waals surface area (Å²) in [7, 11) is 2.12. The molecule has 0 bridgehead atoms. The highest BCUT2D eigenvalue weighted by molar-refractivity contribution is 7.18. The molecule has 136 valence electrons. The van der Waals surface area contributed by atoms with Crippen molar-refractivity contribution in [1.82, 2.24) is 15.2 Å². The lowest BCUT2D eigenvalue weighted by Gasteiger charge is -2.24. The van der Waals surface area contributed by atoms with Crippen molar-refractivity contribution in [2.75, 3.05) is 39.9 Å². The maximum atomic E-state index is 5.48. The highest BCUT2D eigenvalue weighted by atomic mass is 32.1. The molecule has 3 rings (SSSR count). The number of nitrogens with zero attached hydrogens (tertiary/aromatic N) is 3. The molecule has 0 amide bonds. The van der Waals surface area contributed by atoms with Crippen LogP contribution in [0.5, 0.6) is 0 Å². The smallest absolute Gasteiger partial charge is 0.193 e. The molecular weight excluding hydrogens is 332 g/mol. The molecule has 1 aromatic carbocycles. The summed E-state index contributed by atoms with van der Waals surface area (Å²) in [6.07, 6.45) is 3.17. The number of guanidine groups is 1. The number of aromatic nitrogens is 1. The number of aliphatic imine (C=N–C) groups is 1. The van der Waals surface area contributed by atoms with Crippen molar-refractivity contribution in [3.05, 3.63) is 29.3 Å². The minimum absolute atomic E-state index is 0.622. The highest BCUT2D eigenvalue weighted by Gasteiger charge is 2.18. The lowest BCUT2D eigenvalue weighted by atomic mass is 10.1. The first kappa shape index (κ1) is 18.1. The van der Waals surface area contributed by atoms with E-state index in [1.165, 1.54) is 9.71 Å². The molecule has 1 aromatic heterocycles. The van der Waals surface area contributed by atoms with Gasteiger partial charge in [0.05, 0.1) is 21.8 Å². The Balaban J connectivity index is 1.50. The minimum atomic E-state index is 0.622. The van der Waals surface area contributed by atoms with Crippen LogP contribution in [0.15, 0.2) is 29.3 Å². The molecule has 0 saturated carbocycles. The highest BCUT2D eigenvalue weighted by Crippen LogP contribution is 2.22. The summed E-state index contributed by atoms with van der Waals surface area (Å²) in [5.74, 6) is 1.62. The van der Waals surface area contributed by atoms with Gasteiger partial charge in [0.15, 0.2) is 5.96 Å². The van der Waals surface area contributed by atoms with Crippen molar-refractivity contribution in [2.45, 2.75) is 26.2 Å². The Bertz CT molecular complexity index is 661. The number of para-hydroxylation sites is 1. The number of nitrogens with one attached hydrogen (secondary N) is 1. The molecule has 1 saturated heterocycles. The van der Waals surface area contributed by atoms with E-state index in [1.54, 1.807) is 11.3 Å². The molecule has 2 heterocycles. The lowest BCUT2D eigenvalue weighted by Crippen LogP contribution is -2.41. The Labute approximate surface area is 154 Å². The van der Waals surface area contributed by atoms with Gasteiger partial charge in [-0.25, -0.2) is 4.98 Å². The normalized spacial score (nSPS) is 18.0. The Hall–Kier alpha value is -1.66. The van der Waals surface area contributed by atoms with Crippen LogP contribution in [0.2, 0.25) is 0 Å². The molecule has 25 heavy (non-hydrogen) atoms. The Morgan fingerprint density at radius 2 is 2.32 bits per heavy atom. The second-order valence-corrected chi connectivity index (χ2v) is 7.64. The van der Waals surface area contributed by atoms with Crippen molar-refractivity contribution in [2.24, 2.45) is 10.9 Å². The summed E-state index contributed by atoms with van der Waals surface area (Å²) in [4.78, 5) is 11.7. The van der Waals surface area contributed by atoms with Crippen molar-refractivity contribution >= 4 is 27.5 Å². The Morgan fingerprint density at radius 1 is 1.44 bits per heavy atom. The third-order valence-corrected chi connectivity index (χ3v) is 5.50. The first-order valence-electron chi connectivity index (χ1n) is 9.18. The Morgan fingerprint density at radius 3 is 3.08 bits per heavy atom. The van der Waals surface area contributed by atoms with Crippen molar-refractivity contribution in [3.8, 4) is 0 Å². The number of benzene rings is 1. The summed E-state index contributed by atoms with van der Waals surface area (Å²) < 4.78 is 6.75. The largest absolute Gasteiger partial charge is 0.381 e. The summed E-state index contributed by atoms with van der Waals surface area (Å²) in [6.45, 7) is 6.61. The zero-order valence-electron chi connectivity index (χ0n) is 15.2. The molecule has 2 aromatic rings. The average Bonchev–Trinajstić information content (AvgIpc) is 3.26. The van der Waals surface area contributed by atoms with Gasteiger partial charge in [-0.05, 0) is 31.9 Å². The predicted molar refractivity (Wildman–Crippen MR) is 105 cm³/mol. The number of hydrogen-bond donors (Lipinski definition) is 1. The van der Waals surface area contributed by atoms with Gasteiger partial charge in [0.2, 0.25) is 0 Å². The number of rotatable bonds is 7. The second-order valence-electron chi connectivity index (χ2n) is 6.52. The molecule has 1 atom stereocenters. The van der Waals surface area contributed by atoms with E-state index in [9.17, 15) is 0 Å². The summed E-state index contributed by atoms with van der Waals surface area (Å²) >= 11 is 1.79. The van der Waals surface area contributed by atoms with Crippen LogP contribution in [0.1, 0.15) is 24.8 Å². The van der Waals surface area contributed by atoms with Gasteiger partial charge in [0.25, 0.3) is 0 Å². The van der Waals surface area contributed by atoms with Gasteiger partial charge in [-0.3, -0.25) is 4.99 Å². The Kier molecular flexibility index (Phi) is 6.64. The van der Waals surface area contributed by atoms with Crippen LogP contribution in [0.3, 0.4) is 0 Å². The van der Waals surface area contributed by atoms with Crippen molar-refractivity contribution in [1.29, 1.82) is 0 Å². The summed E-state index contributed by atoms with van der Waals surface area (Å²) in [5, 5.41) is 4.60. The van der Waals surface area contributed by atoms with Gasteiger partial charge in [-0.15, -0.1) is 11.3 Å². The third kappa shape index (κ3) is 5.16. The number of aryl methyl sites for hydroxylation is 1. The molecule has 1 aliphatic heterocycles. The molecule has 5 nitrogen and oxygen atoms in total. The third-order valence-electron chi connectivity index (χ3n) is 4.40. The van der Waals surface area contributed by atoms with Crippen LogP contribution in [0.4, 0.5) is 0 Å². The van der Waals surface area contributed by atoms with Gasteiger partial charge < -0.3 is 15.0 Å². The first-order valence-corrected chi connectivity index (χ1v) is 9.99. The van der Waals surface area contributed by atoms with Crippen molar-refractivity contribution < 1.29 is 4.74 Å². The van der Waals surface area contributed by atoms with E-state index in [0.29, 0.717) is 5.92 Å². The fourth-order valence-corrected chi connectivity index (χ4v) is 4.12. The van der Waals surface area contributed by atoms with Gasteiger partial charge in [0.1, 0.15) is 0 Å². The fraction of sp³-hybridized carbons (Fsp3) is 0.579. The molecule has 0 aliphatic carbocycles. The van der Waals surface area contributed by atoms with Crippen LogP contribution < -0.4 is 5.32 Å². The van der Waals surface area contributed by atoms with Crippen LogP contribution in [-0.4, -0.2) is 55.7 Å². The number of thiazole rings is 1. The van der Waals surface area contributed by atoms with Gasteiger partial charge in [-0.1, -0.05) is 12.1 Å². The van der Waals surface area contributed by atoms with E-state index in [1.807, 2.05) is 6.07 Å². The van der Waals surface area contributed by atoms with E-state index >= 15 is 0 Å². The first-order chi connectivity index (χ1) is 12.3. The standard InChI is InChI=1S/C19H28N4OS/c1-3-20-19(23(2)13-15-10-12-24-14-15)21-11-6-9-18-22-16-7-4-5-8-17(16)25-18/h4-5,7-8,15H,3,6,9-14H2,1-2H3,(H,20,21). The van der Waals surface area contributed by atoms with E-state index in [2.05, 4.69) is 42.4 Å². The number of fused-ring (bicyclic) bond motifs is 1. The maximum absolute atomic E-state index is 5.48. The summed E-state index contributed by atoms with van der Waals surface area (Å²) in [5.41, 5.74) is 1.11. The van der Waals surface area contributed by atoms with Gasteiger partial charge >= 0.3 is 0 Å². The zero-order chi connectivity index (χ0) is 17.5. The number of ether oxygens (including phenoxy) is 1. The van der Waals surface area contributed by atoms with E-state index in [0.717, 1.165) is 63.6 Å². The monoisotopic (exact) mass is 360 g/mol. The van der Waals surface area contributed by atoms with Crippen molar-refractivity contribution in [3.63, 3.8) is 0 Å². The maximum Gasteiger partial charge on any atom is 0.193 e. The predicted octanol–water partition coefficient (Wildman–Crippen LogP) is 3.16. The van der Waals surface area contributed by atoms with Gasteiger partial charge in [-0.2, -0.15) is 0 Å². The van der Waals surface area contributed by atoms with Gasteiger partial charge in [0, 0.05) is 45.6 Å². The fourth-order valence-electron chi connectivity index (χ4n) is 3.11. The molecule has 0 radical (unpaired) electrons. The molecule has 1 aliphatic rings. The number of hydrogen-bond acceptors (Lipinski definition) is 4. The minimum Gasteiger partial charge on any atom is -0.381 e. The molecule has 1 unspecified atom stereocenters. The molecule has 1 fully saturated rings. The van der Waals surface area contributed by atoms with E-state index in [4.69, 9.17) is 14.7 Å².